The first-order chi connectivity index (χ1) is 32.7. The van der Waals surface area contributed by atoms with Crippen molar-refractivity contribution in [1.29, 1.82) is 0 Å². The van der Waals surface area contributed by atoms with Gasteiger partial charge in [-0.05, 0) is 68.8 Å². The zero-order valence-corrected chi connectivity index (χ0v) is 38.8. The van der Waals surface area contributed by atoms with E-state index in [4.69, 9.17) is 0 Å². The number of thiophene rings is 4. The van der Waals surface area contributed by atoms with Crippen LogP contribution in [0.5, 0.6) is 0 Å². The lowest BCUT2D eigenvalue weighted by molar-refractivity contribution is 1.65. The molecule has 0 saturated heterocycles. The second-order valence-electron chi connectivity index (χ2n) is 16.7. The topological polar surface area (TPSA) is 0 Å². The highest BCUT2D eigenvalue weighted by atomic mass is 32.1. The maximum absolute atomic E-state index is 2.45. The Labute approximate surface area is 399 Å². The fourth-order valence-corrected chi connectivity index (χ4v) is 14.7. The third-order valence-electron chi connectivity index (χ3n) is 12.7. The molecular formula is C62H38S4. The molecule has 0 N–H and O–H groups in total. The molecule has 0 aliphatic heterocycles. The summed E-state index contributed by atoms with van der Waals surface area (Å²) in [5.74, 6) is 0. The summed E-state index contributed by atoms with van der Waals surface area (Å²) in [5.41, 5.74) is 15.2. The number of benzene rings is 9. The van der Waals surface area contributed by atoms with Gasteiger partial charge in [-0.15, -0.1) is 45.3 Å². The maximum atomic E-state index is 2.45. The molecule has 0 aliphatic rings. The Balaban J connectivity index is 0.993. The molecule has 0 saturated carbocycles. The van der Waals surface area contributed by atoms with Gasteiger partial charge in [0.05, 0.1) is 0 Å². The van der Waals surface area contributed by atoms with E-state index in [1.165, 1.54) is 127 Å². The summed E-state index contributed by atoms with van der Waals surface area (Å²) in [5, 5.41) is 5.26. The molecule has 0 bridgehead atoms. The van der Waals surface area contributed by atoms with Gasteiger partial charge in [-0.1, -0.05) is 206 Å². The number of rotatable bonds is 8. The second kappa shape index (κ2) is 16.4. The average Bonchev–Trinajstić information content (AvgIpc) is 4.23. The monoisotopic (exact) mass is 910 g/mol. The van der Waals surface area contributed by atoms with E-state index in [1.807, 2.05) is 45.3 Å². The van der Waals surface area contributed by atoms with E-state index in [0.29, 0.717) is 0 Å². The van der Waals surface area contributed by atoms with Crippen LogP contribution in [0.2, 0.25) is 0 Å². The molecule has 4 aromatic heterocycles. The minimum Gasteiger partial charge on any atom is -0.135 e. The van der Waals surface area contributed by atoms with Gasteiger partial charge in [-0.2, -0.15) is 0 Å². The van der Waals surface area contributed by atoms with E-state index >= 15 is 0 Å². The Hall–Kier alpha value is -7.18. The van der Waals surface area contributed by atoms with Gasteiger partial charge >= 0.3 is 0 Å². The van der Waals surface area contributed by atoms with Crippen LogP contribution < -0.4 is 0 Å². The third kappa shape index (κ3) is 6.68. The summed E-state index contributed by atoms with van der Waals surface area (Å²) in [7, 11) is 0. The van der Waals surface area contributed by atoms with Crippen LogP contribution in [0, 0.1) is 0 Å². The Morgan fingerprint density at radius 1 is 0.182 bits per heavy atom. The molecule has 0 fully saturated rings. The van der Waals surface area contributed by atoms with E-state index in [2.05, 4.69) is 231 Å². The van der Waals surface area contributed by atoms with Gasteiger partial charge in [-0.3, -0.25) is 0 Å². The van der Waals surface area contributed by atoms with Crippen molar-refractivity contribution in [2.24, 2.45) is 0 Å². The number of fused-ring (bicyclic) bond motifs is 6. The maximum Gasteiger partial charge on any atom is 0.0441 e. The fourth-order valence-electron chi connectivity index (χ4n) is 9.65. The summed E-state index contributed by atoms with van der Waals surface area (Å²) < 4.78 is 5.31. The molecule has 4 heterocycles. The van der Waals surface area contributed by atoms with E-state index in [9.17, 15) is 0 Å². The standard InChI is InChI=1S/C62H38S4/c1-7-19-39(20-8-1)51-35-47-49-37-53(65-61(49)57(45-27-15-5-16-28-45)55(59(47)63-51)43-23-11-3-12-24-43)41-31-33-42(34-32-41)54-38-50-48-36-52(40-21-9-2-10-22-40)64-60(48)56(44-25-13-4-14-26-44)58(62(50)66-54)46-29-17-6-18-30-46/h1-38H. The van der Waals surface area contributed by atoms with Gasteiger partial charge in [0.15, 0.2) is 0 Å². The molecule has 0 nitrogen and oxygen atoms in total. The van der Waals surface area contributed by atoms with Crippen LogP contribution in [0.3, 0.4) is 0 Å². The summed E-state index contributed by atoms with van der Waals surface area (Å²) in [6.07, 6.45) is 0. The molecule has 0 spiro atoms. The molecule has 0 amide bonds. The van der Waals surface area contributed by atoms with Crippen LogP contribution in [-0.2, 0) is 0 Å². The van der Waals surface area contributed by atoms with Crippen LogP contribution in [0.1, 0.15) is 0 Å². The largest absolute Gasteiger partial charge is 0.135 e. The van der Waals surface area contributed by atoms with Gasteiger partial charge < -0.3 is 0 Å². The zero-order chi connectivity index (χ0) is 43.6. The summed E-state index contributed by atoms with van der Waals surface area (Å²) >= 11 is 7.65. The van der Waals surface area contributed by atoms with Crippen molar-refractivity contribution >= 4 is 85.7 Å². The first kappa shape index (κ1) is 39.2. The SMILES string of the molecule is c1ccc(-c2cc3c(s2)c(-c2ccccc2)c(-c2ccccc2)c2sc(-c4ccc(-c5cc6c(s5)c(-c5ccccc5)c(-c5ccccc5)c5sc(-c7ccccc7)cc56)cc4)cc23)cc1. The van der Waals surface area contributed by atoms with E-state index in [0.717, 1.165) is 0 Å². The predicted molar refractivity (Wildman–Crippen MR) is 291 cm³/mol. The highest BCUT2D eigenvalue weighted by Gasteiger charge is 2.25. The molecule has 0 atom stereocenters. The smallest absolute Gasteiger partial charge is 0.0441 e. The summed E-state index contributed by atoms with van der Waals surface area (Å²) in [4.78, 5) is 5.13. The first-order valence-electron chi connectivity index (χ1n) is 22.2. The molecule has 13 aromatic rings. The van der Waals surface area contributed by atoms with Gasteiger partial charge in [0, 0.05) is 82.1 Å². The van der Waals surface area contributed by atoms with Crippen LogP contribution in [0.15, 0.2) is 231 Å². The highest BCUT2D eigenvalue weighted by molar-refractivity contribution is 7.26. The van der Waals surface area contributed by atoms with E-state index < -0.39 is 0 Å². The lowest BCUT2D eigenvalue weighted by atomic mass is 9.91. The van der Waals surface area contributed by atoms with Crippen molar-refractivity contribution in [2.45, 2.75) is 0 Å². The molecular weight excluding hydrogens is 873 g/mol. The quantitative estimate of drug-likeness (QED) is 0.142. The molecule has 0 unspecified atom stereocenters. The van der Waals surface area contributed by atoms with Crippen molar-refractivity contribution < 1.29 is 0 Å². The van der Waals surface area contributed by atoms with Crippen molar-refractivity contribution in [3.63, 3.8) is 0 Å². The Bertz CT molecular complexity index is 3600. The molecule has 0 radical (unpaired) electrons. The second-order valence-corrected chi connectivity index (χ2v) is 20.9. The Morgan fingerprint density at radius 2 is 0.364 bits per heavy atom. The average molecular weight is 911 g/mol. The lowest BCUT2D eigenvalue weighted by Gasteiger charge is -2.14. The third-order valence-corrected chi connectivity index (χ3v) is 17.5. The predicted octanol–water partition coefficient (Wildman–Crippen LogP) is 19.9. The zero-order valence-electron chi connectivity index (χ0n) is 35.6. The molecule has 0 aliphatic carbocycles. The van der Waals surface area contributed by atoms with Crippen LogP contribution in [-0.4, -0.2) is 0 Å². The summed E-state index contributed by atoms with van der Waals surface area (Å²) in [6, 6.07) is 84.8. The van der Waals surface area contributed by atoms with E-state index in [-0.39, 0.29) is 0 Å². The Kier molecular flexibility index (Phi) is 9.72. The molecule has 4 heteroatoms. The molecule has 66 heavy (non-hydrogen) atoms. The Morgan fingerprint density at radius 3 is 0.576 bits per heavy atom. The van der Waals surface area contributed by atoms with Crippen molar-refractivity contribution in [3.8, 4) is 86.3 Å². The van der Waals surface area contributed by atoms with Gasteiger partial charge in [-0.25, -0.2) is 0 Å². The minimum atomic E-state index is 1.23. The van der Waals surface area contributed by atoms with Crippen LogP contribution in [0.4, 0.5) is 0 Å². The van der Waals surface area contributed by atoms with Crippen LogP contribution >= 0.6 is 45.3 Å². The van der Waals surface area contributed by atoms with Gasteiger partial charge in [0.2, 0.25) is 0 Å². The molecule has 13 rings (SSSR count). The number of hydrogen-bond acceptors (Lipinski definition) is 4. The van der Waals surface area contributed by atoms with Crippen molar-refractivity contribution in [3.05, 3.63) is 231 Å². The van der Waals surface area contributed by atoms with Gasteiger partial charge in [0.25, 0.3) is 0 Å². The van der Waals surface area contributed by atoms with Crippen molar-refractivity contribution in [2.75, 3.05) is 0 Å². The normalized spacial score (nSPS) is 11.6. The highest BCUT2D eigenvalue weighted by Crippen LogP contribution is 2.54. The molecule has 9 aromatic carbocycles. The van der Waals surface area contributed by atoms with E-state index in [1.54, 1.807) is 0 Å². The fraction of sp³-hybridized carbons (Fsp3) is 0. The number of hydrogen-bond donors (Lipinski definition) is 0. The van der Waals surface area contributed by atoms with Crippen molar-refractivity contribution in [1.82, 2.24) is 0 Å². The minimum absolute atomic E-state index is 1.23. The first-order valence-corrected chi connectivity index (χ1v) is 25.5. The summed E-state index contributed by atoms with van der Waals surface area (Å²) in [6.45, 7) is 0. The lowest BCUT2D eigenvalue weighted by Crippen LogP contribution is -1.87. The van der Waals surface area contributed by atoms with Crippen LogP contribution in [0.25, 0.3) is 127 Å². The molecule has 310 valence electrons. The van der Waals surface area contributed by atoms with Gasteiger partial charge in [0.1, 0.15) is 0 Å².